The van der Waals surface area contributed by atoms with E-state index in [-0.39, 0.29) is 5.56 Å². The van der Waals surface area contributed by atoms with Gasteiger partial charge in [0.05, 0.1) is 12.3 Å². The molecule has 1 fully saturated rings. The molecule has 1 aromatic carbocycles. The van der Waals surface area contributed by atoms with Gasteiger partial charge >= 0.3 is 0 Å². The van der Waals surface area contributed by atoms with E-state index in [1.807, 2.05) is 30.3 Å². The highest BCUT2D eigenvalue weighted by Crippen LogP contribution is 2.16. The smallest absolute Gasteiger partial charge is 0.271 e. The Labute approximate surface area is 142 Å². The maximum atomic E-state index is 12.0. The van der Waals surface area contributed by atoms with Crippen molar-refractivity contribution in [3.8, 4) is 11.6 Å². The summed E-state index contributed by atoms with van der Waals surface area (Å²) in [5.74, 6) is 1.35. The van der Waals surface area contributed by atoms with Gasteiger partial charge in [-0.05, 0) is 50.4 Å². The Kier molecular flexibility index (Phi) is 5.64. The molecular formula is C19H25N3O2. The summed E-state index contributed by atoms with van der Waals surface area (Å²) in [5.41, 5.74) is 0.589. The Bertz CT molecular complexity index is 691. The number of piperidine rings is 1. The van der Waals surface area contributed by atoms with Crippen molar-refractivity contribution in [1.82, 2.24) is 14.7 Å². The van der Waals surface area contributed by atoms with Crippen molar-refractivity contribution in [2.24, 2.45) is 5.92 Å². The fraction of sp³-hybridized carbons (Fsp3) is 0.474. The van der Waals surface area contributed by atoms with Crippen molar-refractivity contribution in [3.63, 3.8) is 0 Å². The van der Waals surface area contributed by atoms with E-state index < -0.39 is 0 Å². The summed E-state index contributed by atoms with van der Waals surface area (Å²) < 4.78 is 7.11. The molecule has 5 nitrogen and oxygen atoms in total. The van der Waals surface area contributed by atoms with Crippen molar-refractivity contribution in [1.29, 1.82) is 0 Å². The highest BCUT2D eigenvalue weighted by Gasteiger charge is 2.14. The van der Waals surface area contributed by atoms with Gasteiger partial charge in [-0.3, -0.25) is 4.79 Å². The molecule has 2 heterocycles. The third-order valence-corrected chi connectivity index (χ3v) is 4.52. The Hall–Kier alpha value is -2.14. The predicted molar refractivity (Wildman–Crippen MR) is 94.8 cm³/mol. The lowest BCUT2D eigenvalue weighted by molar-refractivity contribution is 0.176. The lowest BCUT2D eigenvalue weighted by atomic mass is 9.99. The van der Waals surface area contributed by atoms with Gasteiger partial charge in [0, 0.05) is 18.7 Å². The molecule has 0 aliphatic carbocycles. The van der Waals surface area contributed by atoms with Crippen LogP contribution in [0.15, 0.2) is 47.3 Å². The van der Waals surface area contributed by atoms with E-state index >= 15 is 0 Å². The molecule has 0 spiro atoms. The molecule has 5 heteroatoms. The first-order valence-corrected chi connectivity index (χ1v) is 8.73. The fourth-order valence-electron chi connectivity index (χ4n) is 2.98. The van der Waals surface area contributed by atoms with Gasteiger partial charge in [-0.1, -0.05) is 25.1 Å². The first-order valence-electron chi connectivity index (χ1n) is 8.73. The Morgan fingerprint density at radius 2 is 1.88 bits per heavy atom. The van der Waals surface area contributed by atoms with Crippen LogP contribution in [0.3, 0.4) is 0 Å². The summed E-state index contributed by atoms with van der Waals surface area (Å²) in [7, 11) is 0. The molecule has 1 aromatic heterocycles. The van der Waals surface area contributed by atoms with Gasteiger partial charge in [0.2, 0.25) is 5.88 Å². The van der Waals surface area contributed by atoms with Crippen LogP contribution >= 0.6 is 0 Å². The number of hydrogen-bond acceptors (Lipinski definition) is 4. The number of rotatable bonds is 6. The van der Waals surface area contributed by atoms with E-state index in [1.54, 1.807) is 6.07 Å². The minimum Gasteiger partial charge on any atom is -0.477 e. The minimum absolute atomic E-state index is 0.156. The number of likely N-dealkylation sites (tertiary alicyclic amines) is 1. The van der Waals surface area contributed by atoms with Crippen LogP contribution in [0, 0.1) is 5.92 Å². The van der Waals surface area contributed by atoms with Gasteiger partial charge in [0.15, 0.2) is 0 Å². The molecule has 24 heavy (non-hydrogen) atoms. The van der Waals surface area contributed by atoms with Crippen LogP contribution in [0.4, 0.5) is 0 Å². The minimum atomic E-state index is -0.156. The summed E-state index contributed by atoms with van der Waals surface area (Å²) >= 11 is 0. The number of nitrogens with zero attached hydrogens (tertiary/aromatic N) is 3. The second kappa shape index (κ2) is 8.11. The third kappa shape index (κ3) is 4.45. The first kappa shape index (κ1) is 16.7. The highest BCUT2D eigenvalue weighted by atomic mass is 16.5. The predicted octanol–water partition coefficient (Wildman–Crippen LogP) is 2.73. The van der Waals surface area contributed by atoms with Crippen molar-refractivity contribution in [2.45, 2.75) is 26.2 Å². The molecule has 1 saturated heterocycles. The van der Waals surface area contributed by atoms with Gasteiger partial charge in [-0.2, -0.15) is 4.68 Å². The summed E-state index contributed by atoms with van der Waals surface area (Å²) in [4.78, 5) is 14.5. The van der Waals surface area contributed by atoms with Crippen molar-refractivity contribution >= 4 is 0 Å². The molecule has 1 aliphatic heterocycles. The molecule has 3 rings (SSSR count). The fourth-order valence-corrected chi connectivity index (χ4v) is 2.98. The van der Waals surface area contributed by atoms with E-state index in [4.69, 9.17) is 4.74 Å². The summed E-state index contributed by atoms with van der Waals surface area (Å²) in [6.45, 7) is 6.39. The lowest BCUT2D eigenvalue weighted by Gasteiger charge is -2.29. The van der Waals surface area contributed by atoms with E-state index in [0.717, 1.165) is 24.6 Å². The molecular weight excluding hydrogens is 302 g/mol. The molecule has 0 atom stereocenters. The summed E-state index contributed by atoms with van der Waals surface area (Å²) in [6, 6.07) is 12.5. The highest BCUT2D eigenvalue weighted by molar-refractivity contribution is 5.30. The summed E-state index contributed by atoms with van der Waals surface area (Å²) in [5, 5.41) is 4.31. The number of aromatic nitrogens is 2. The molecule has 0 unspecified atom stereocenters. The number of para-hydroxylation sites is 1. The molecule has 0 N–H and O–H groups in total. The number of hydrogen-bond donors (Lipinski definition) is 0. The second-order valence-corrected chi connectivity index (χ2v) is 6.48. The SMILES string of the molecule is CC1CCN(CCCOc2ccc(=O)n(-c3ccccc3)n2)CC1. The first-order chi connectivity index (χ1) is 11.7. The number of benzene rings is 1. The zero-order valence-corrected chi connectivity index (χ0v) is 14.2. The maximum Gasteiger partial charge on any atom is 0.271 e. The van der Waals surface area contributed by atoms with Crippen LogP contribution in [0.5, 0.6) is 5.88 Å². The molecule has 128 valence electrons. The Morgan fingerprint density at radius 1 is 1.12 bits per heavy atom. The summed E-state index contributed by atoms with van der Waals surface area (Å²) in [6.07, 6.45) is 3.56. The van der Waals surface area contributed by atoms with Crippen LogP contribution < -0.4 is 10.3 Å². The molecule has 0 amide bonds. The van der Waals surface area contributed by atoms with E-state index in [2.05, 4.69) is 16.9 Å². The largest absolute Gasteiger partial charge is 0.477 e. The average molecular weight is 327 g/mol. The standard InChI is InChI=1S/C19H25N3O2/c1-16-10-13-21(14-11-16)12-5-15-24-18-8-9-19(23)22(20-18)17-6-3-2-4-7-17/h2-4,6-9,16H,5,10-15H2,1H3. The lowest BCUT2D eigenvalue weighted by Crippen LogP contribution is -2.34. The van der Waals surface area contributed by atoms with Crippen molar-refractivity contribution in [3.05, 3.63) is 52.8 Å². The molecule has 0 bridgehead atoms. The monoisotopic (exact) mass is 327 g/mol. The van der Waals surface area contributed by atoms with Gasteiger partial charge in [-0.25, -0.2) is 0 Å². The van der Waals surface area contributed by atoms with Gasteiger partial charge in [0.1, 0.15) is 0 Å². The second-order valence-electron chi connectivity index (χ2n) is 6.48. The molecule has 0 radical (unpaired) electrons. The molecule has 0 saturated carbocycles. The zero-order valence-electron chi connectivity index (χ0n) is 14.2. The van der Waals surface area contributed by atoms with Gasteiger partial charge < -0.3 is 9.64 Å². The van der Waals surface area contributed by atoms with E-state index in [9.17, 15) is 4.79 Å². The normalized spacial score (nSPS) is 16.2. The van der Waals surface area contributed by atoms with E-state index in [1.165, 1.54) is 36.7 Å². The van der Waals surface area contributed by atoms with Crippen molar-refractivity contribution < 1.29 is 4.74 Å². The van der Waals surface area contributed by atoms with Crippen LogP contribution in [0.2, 0.25) is 0 Å². The number of ether oxygens (including phenoxy) is 1. The molecule has 2 aromatic rings. The zero-order chi connectivity index (χ0) is 16.8. The van der Waals surface area contributed by atoms with Gasteiger partial charge in [0.25, 0.3) is 5.56 Å². The average Bonchev–Trinajstić information content (AvgIpc) is 2.62. The molecule has 1 aliphatic rings. The topological polar surface area (TPSA) is 47.4 Å². The Balaban J connectivity index is 1.52. The van der Waals surface area contributed by atoms with Crippen LogP contribution in [-0.4, -0.2) is 40.9 Å². The van der Waals surface area contributed by atoms with Gasteiger partial charge in [-0.15, -0.1) is 5.10 Å². The van der Waals surface area contributed by atoms with E-state index in [0.29, 0.717) is 12.5 Å². The third-order valence-electron chi connectivity index (χ3n) is 4.52. The van der Waals surface area contributed by atoms with Crippen LogP contribution in [-0.2, 0) is 0 Å². The van der Waals surface area contributed by atoms with Crippen LogP contribution in [0.1, 0.15) is 26.2 Å². The maximum absolute atomic E-state index is 12.0. The van der Waals surface area contributed by atoms with Crippen LogP contribution in [0.25, 0.3) is 5.69 Å². The quantitative estimate of drug-likeness (QED) is 0.766. The van der Waals surface area contributed by atoms with Crippen molar-refractivity contribution in [2.75, 3.05) is 26.2 Å². The Morgan fingerprint density at radius 3 is 2.62 bits per heavy atom.